The number of hydrogen-bond donors (Lipinski definition) is 1. The first-order valence-electron chi connectivity index (χ1n) is 10.2. The van der Waals surface area contributed by atoms with Gasteiger partial charge in [-0.15, -0.1) is 0 Å². The lowest BCUT2D eigenvalue weighted by Gasteiger charge is -2.30. The summed E-state index contributed by atoms with van der Waals surface area (Å²) >= 11 is 0. The van der Waals surface area contributed by atoms with Crippen molar-refractivity contribution < 1.29 is 0 Å². The molecule has 0 saturated heterocycles. The number of benzene rings is 3. The van der Waals surface area contributed by atoms with Crippen LogP contribution in [0.15, 0.2) is 66.7 Å². The van der Waals surface area contributed by atoms with Crippen molar-refractivity contribution in [2.75, 3.05) is 0 Å². The fourth-order valence-corrected chi connectivity index (χ4v) is 3.94. The molecule has 0 bridgehead atoms. The summed E-state index contributed by atoms with van der Waals surface area (Å²) in [5, 5.41) is 0. The van der Waals surface area contributed by atoms with E-state index in [0.717, 1.165) is 0 Å². The van der Waals surface area contributed by atoms with Gasteiger partial charge in [-0.2, -0.15) is 0 Å². The van der Waals surface area contributed by atoms with E-state index < -0.39 is 0 Å². The highest BCUT2D eigenvalue weighted by atomic mass is 14.5. The average Bonchev–Trinajstić information content (AvgIpc) is 2.66. The Hall–Kier alpha value is -2.38. The predicted octanol–water partition coefficient (Wildman–Crippen LogP) is 7.07. The van der Waals surface area contributed by atoms with Gasteiger partial charge in [-0.3, -0.25) is 0 Å². The molecule has 0 heterocycles. The van der Waals surface area contributed by atoms with Crippen molar-refractivity contribution in [2.24, 2.45) is 5.73 Å². The van der Waals surface area contributed by atoms with Crippen molar-refractivity contribution in [2.45, 2.75) is 58.9 Å². The molecule has 0 amide bonds. The summed E-state index contributed by atoms with van der Waals surface area (Å²) in [5.74, 6) is 0. The van der Waals surface area contributed by atoms with Crippen LogP contribution >= 0.6 is 0 Å². The maximum absolute atomic E-state index is 6.20. The van der Waals surface area contributed by atoms with Gasteiger partial charge in [0.15, 0.2) is 0 Å². The lowest BCUT2D eigenvalue weighted by molar-refractivity contribution is 0.564. The molecule has 0 aromatic heterocycles. The topological polar surface area (TPSA) is 26.0 Å². The zero-order valence-corrected chi connectivity index (χ0v) is 18.1. The van der Waals surface area contributed by atoms with Crippen LogP contribution < -0.4 is 5.73 Å². The fourth-order valence-electron chi connectivity index (χ4n) is 3.94. The van der Waals surface area contributed by atoms with Crippen molar-refractivity contribution >= 4 is 0 Å². The molecule has 0 atom stereocenters. The monoisotopic (exact) mass is 371 g/mol. The lowest BCUT2D eigenvalue weighted by atomic mass is 9.74. The van der Waals surface area contributed by atoms with Crippen LogP contribution in [0.25, 0.3) is 22.3 Å². The Labute approximate surface area is 170 Å². The number of nitrogens with two attached hydrogens (primary N) is 1. The van der Waals surface area contributed by atoms with Gasteiger partial charge in [0, 0.05) is 6.54 Å². The van der Waals surface area contributed by atoms with E-state index >= 15 is 0 Å². The first kappa shape index (κ1) is 20.4. The predicted molar refractivity (Wildman–Crippen MR) is 123 cm³/mol. The summed E-state index contributed by atoms with van der Waals surface area (Å²) in [5.41, 5.74) is 15.3. The smallest absolute Gasteiger partial charge is 0.0181 e. The fraction of sp³-hybridized carbons (Fsp3) is 0.333. The average molecular weight is 372 g/mol. The van der Waals surface area contributed by atoms with E-state index in [1.165, 1.54) is 38.9 Å². The van der Waals surface area contributed by atoms with Crippen LogP contribution in [0, 0.1) is 0 Å². The molecule has 0 aliphatic rings. The highest BCUT2D eigenvalue weighted by Crippen LogP contribution is 2.41. The molecule has 3 rings (SSSR count). The molecule has 0 unspecified atom stereocenters. The van der Waals surface area contributed by atoms with Crippen molar-refractivity contribution in [1.82, 2.24) is 0 Å². The molecule has 146 valence electrons. The third-order valence-electron chi connectivity index (χ3n) is 5.38. The molecule has 0 radical (unpaired) electrons. The quantitative estimate of drug-likeness (QED) is 0.523. The van der Waals surface area contributed by atoms with Crippen molar-refractivity contribution in [3.05, 3.63) is 83.4 Å². The Morgan fingerprint density at radius 2 is 1.14 bits per heavy atom. The van der Waals surface area contributed by atoms with E-state index in [9.17, 15) is 0 Å². The summed E-state index contributed by atoms with van der Waals surface area (Å²) in [7, 11) is 0. The summed E-state index contributed by atoms with van der Waals surface area (Å²) < 4.78 is 0. The van der Waals surface area contributed by atoms with Gasteiger partial charge < -0.3 is 5.73 Å². The zero-order valence-electron chi connectivity index (χ0n) is 18.1. The summed E-state index contributed by atoms with van der Waals surface area (Å²) in [4.78, 5) is 0. The molecule has 0 aliphatic carbocycles. The maximum atomic E-state index is 6.20. The summed E-state index contributed by atoms with van der Waals surface area (Å²) in [6, 6.07) is 24.1. The Balaban J connectivity index is 2.35. The Morgan fingerprint density at radius 1 is 0.607 bits per heavy atom. The first-order valence-corrected chi connectivity index (χ1v) is 10.2. The van der Waals surface area contributed by atoms with Crippen molar-refractivity contribution in [3.8, 4) is 22.3 Å². The minimum absolute atomic E-state index is 0.0340. The number of rotatable bonds is 3. The molecule has 0 saturated carbocycles. The van der Waals surface area contributed by atoms with Gasteiger partial charge in [-0.25, -0.2) is 0 Å². The standard InChI is InChI=1S/C27H33N/c1-26(2,3)24-17-25(27(4,5)6)23(16-20(24)18-28)22-15-11-10-14-21(22)19-12-8-7-9-13-19/h7-17H,18,28H2,1-6H3. The van der Waals surface area contributed by atoms with Gasteiger partial charge in [0.2, 0.25) is 0 Å². The van der Waals surface area contributed by atoms with Crippen LogP contribution in [-0.2, 0) is 17.4 Å². The Morgan fingerprint density at radius 3 is 1.68 bits per heavy atom. The van der Waals surface area contributed by atoms with Crippen LogP contribution in [0.1, 0.15) is 58.2 Å². The van der Waals surface area contributed by atoms with E-state index in [2.05, 4.69) is 108 Å². The second kappa shape index (κ2) is 7.56. The molecule has 3 aromatic carbocycles. The van der Waals surface area contributed by atoms with E-state index in [-0.39, 0.29) is 10.8 Å². The summed E-state index contributed by atoms with van der Waals surface area (Å²) in [6.45, 7) is 14.3. The van der Waals surface area contributed by atoms with Gasteiger partial charge in [0.25, 0.3) is 0 Å². The summed E-state index contributed by atoms with van der Waals surface area (Å²) in [6.07, 6.45) is 0. The molecule has 0 fully saturated rings. The molecule has 28 heavy (non-hydrogen) atoms. The van der Waals surface area contributed by atoms with E-state index in [1.807, 2.05) is 0 Å². The molecule has 2 N–H and O–H groups in total. The number of hydrogen-bond acceptors (Lipinski definition) is 1. The van der Waals surface area contributed by atoms with Crippen LogP contribution in [0.2, 0.25) is 0 Å². The SMILES string of the molecule is CC(C)(C)c1cc(C(C)(C)C)c(-c2ccccc2-c2ccccc2)cc1CN. The molecular formula is C27H33N. The van der Waals surface area contributed by atoms with E-state index in [4.69, 9.17) is 5.73 Å². The minimum atomic E-state index is 0.0340. The zero-order chi connectivity index (χ0) is 20.5. The molecule has 3 aromatic rings. The van der Waals surface area contributed by atoms with Gasteiger partial charge in [-0.1, -0.05) is 102 Å². The van der Waals surface area contributed by atoms with Crippen LogP contribution in [0.5, 0.6) is 0 Å². The van der Waals surface area contributed by atoms with E-state index in [1.54, 1.807) is 0 Å². The first-order chi connectivity index (χ1) is 13.1. The molecule has 1 heteroatoms. The lowest BCUT2D eigenvalue weighted by Crippen LogP contribution is -2.20. The van der Waals surface area contributed by atoms with Gasteiger partial charge >= 0.3 is 0 Å². The molecule has 0 aliphatic heterocycles. The van der Waals surface area contributed by atoms with E-state index in [0.29, 0.717) is 6.54 Å². The highest BCUT2D eigenvalue weighted by Gasteiger charge is 2.26. The Bertz CT molecular complexity index is 954. The largest absolute Gasteiger partial charge is 0.326 e. The second-order valence-corrected chi connectivity index (χ2v) is 9.67. The second-order valence-electron chi connectivity index (χ2n) is 9.67. The maximum Gasteiger partial charge on any atom is 0.0181 e. The van der Waals surface area contributed by atoms with Crippen LogP contribution in [0.4, 0.5) is 0 Å². The van der Waals surface area contributed by atoms with Gasteiger partial charge in [0.1, 0.15) is 0 Å². The highest BCUT2D eigenvalue weighted by molar-refractivity contribution is 5.85. The Kier molecular flexibility index (Phi) is 5.50. The third-order valence-corrected chi connectivity index (χ3v) is 5.38. The molecule has 1 nitrogen and oxygen atoms in total. The van der Waals surface area contributed by atoms with Crippen molar-refractivity contribution in [1.29, 1.82) is 0 Å². The van der Waals surface area contributed by atoms with Gasteiger partial charge in [0.05, 0.1) is 0 Å². The van der Waals surface area contributed by atoms with Gasteiger partial charge in [-0.05, 0) is 55.8 Å². The normalized spacial score (nSPS) is 12.2. The van der Waals surface area contributed by atoms with Crippen molar-refractivity contribution in [3.63, 3.8) is 0 Å². The minimum Gasteiger partial charge on any atom is -0.326 e. The van der Waals surface area contributed by atoms with Crippen LogP contribution in [0.3, 0.4) is 0 Å². The molecular weight excluding hydrogens is 338 g/mol. The molecule has 0 spiro atoms. The van der Waals surface area contributed by atoms with Crippen LogP contribution in [-0.4, -0.2) is 0 Å². The third kappa shape index (κ3) is 4.05.